The molecular weight excluding hydrogens is 318 g/mol. The fraction of sp³-hybridized carbons (Fsp3) is 0.550. The van der Waals surface area contributed by atoms with E-state index in [-0.39, 0.29) is 11.9 Å². The van der Waals surface area contributed by atoms with E-state index in [1.807, 2.05) is 6.92 Å². The number of nitrogens with one attached hydrogen (secondary N) is 1. The minimum absolute atomic E-state index is 0.106. The highest BCUT2D eigenvalue weighted by atomic mass is 16.5. The van der Waals surface area contributed by atoms with Gasteiger partial charge in [-0.3, -0.25) is 4.79 Å². The second-order valence-corrected chi connectivity index (χ2v) is 6.53. The van der Waals surface area contributed by atoms with Crippen LogP contribution in [0.1, 0.15) is 45.6 Å². The van der Waals surface area contributed by atoms with Gasteiger partial charge in [0, 0.05) is 12.1 Å². The van der Waals surface area contributed by atoms with Crippen molar-refractivity contribution in [1.29, 1.82) is 0 Å². The van der Waals surface area contributed by atoms with E-state index in [9.17, 15) is 4.79 Å². The second-order valence-electron chi connectivity index (χ2n) is 6.53. The normalized spacial score (nSPS) is 12.3. The Hall–Kier alpha value is -2.17. The van der Waals surface area contributed by atoms with E-state index in [4.69, 9.17) is 14.2 Å². The number of carbonyl (C=O) groups excluding carboxylic acids is 1. The molecule has 0 aliphatic rings. The molecule has 140 valence electrons. The van der Waals surface area contributed by atoms with Gasteiger partial charge in [-0.2, -0.15) is 0 Å². The SMILES string of the molecule is COc1cc(/C=C/C(=O)N[C@@H](C)CCCC(C)C)cc(OC)c1OC. The standard InChI is InChI=1S/C20H31NO4/c1-14(2)8-7-9-15(3)21-19(22)11-10-16-12-17(23-4)20(25-6)18(13-16)24-5/h10-15H,7-9H2,1-6H3,(H,21,22)/b11-10+/t15-/m0/s1. The van der Waals surface area contributed by atoms with Gasteiger partial charge in [0.15, 0.2) is 11.5 Å². The minimum Gasteiger partial charge on any atom is -0.493 e. The van der Waals surface area contributed by atoms with Gasteiger partial charge in [0.1, 0.15) is 0 Å². The van der Waals surface area contributed by atoms with Crippen LogP contribution in [-0.2, 0) is 4.79 Å². The van der Waals surface area contributed by atoms with Crippen LogP contribution in [0, 0.1) is 5.92 Å². The molecule has 1 atom stereocenters. The van der Waals surface area contributed by atoms with Crippen LogP contribution in [0.4, 0.5) is 0 Å². The molecule has 5 heteroatoms. The highest BCUT2D eigenvalue weighted by Gasteiger charge is 2.12. The lowest BCUT2D eigenvalue weighted by Gasteiger charge is -2.14. The van der Waals surface area contributed by atoms with E-state index in [2.05, 4.69) is 19.2 Å². The smallest absolute Gasteiger partial charge is 0.244 e. The van der Waals surface area contributed by atoms with E-state index in [0.717, 1.165) is 18.4 Å². The van der Waals surface area contributed by atoms with E-state index in [1.54, 1.807) is 39.5 Å². The number of amides is 1. The van der Waals surface area contributed by atoms with Gasteiger partial charge in [-0.05, 0) is 43.0 Å². The number of ether oxygens (including phenoxy) is 3. The number of benzene rings is 1. The van der Waals surface area contributed by atoms with Crippen LogP contribution in [-0.4, -0.2) is 33.3 Å². The van der Waals surface area contributed by atoms with Crippen molar-refractivity contribution in [2.45, 2.75) is 46.1 Å². The third-order valence-corrected chi connectivity index (χ3v) is 3.92. The molecule has 5 nitrogen and oxygen atoms in total. The Morgan fingerprint density at radius 3 is 2.12 bits per heavy atom. The summed E-state index contributed by atoms with van der Waals surface area (Å²) in [6.45, 7) is 6.46. The van der Waals surface area contributed by atoms with E-state index in [1.165, 1.54) is 12.5 Å². The van der Waals surface area contributed by atoms with Gasteiger partial charge < -0.3 is 19.5 Å². The van der Waals surface area contributed by atoms with Crippen molar-refractivity contribution in [3.63, 3.8) is 0 Å². The Balaban J connectivity index is 2.69. The maximum Gasteiger partial charge on any atom is 0.244 e. The van der Waals surface area contributed by atoms with Crippen molar-refractivity contribution >= 4 is 12.0 Å². The summed E-state index contributed by atoms with van der Waals surface area (Å²) in [5.41, 5.74) is 0.803. The highest BCUT2D eigenvalue weighted by Crippen LogP contribution is 2.38. The molecule has 0 saturated carbocycles. The molecule has 1 rings (SSSR count). The Kier molecular flexibility index (Phi) is 8.89. The molecule has 0 saturated heterocycles. The Labute approximate surface area is 151 Å². The summed E-state index contributed by atoms with van der Waals surface area (Å²) in [7, 11) is 4.69. The van der Waals surface area contributed by atoms with Crippen LogP contribution < -0.4 is 19.5 Å². The topological polar surface area (TPSA) is 56.8 Å². The predicted octanol–water partition coefficient (Wildman–Crippen LogP) is 4.06. The number of carbonyl (C=O) groups is 1. The monoisotopic (exact) mass is 349 g/mol. The number of methoxy groups -OCH3 is 3. The van der Waals surface area contributed by atoms with Crippen molar-refractivity contribution in [2.24, 2.45) is 5.92 Å². The molecule has 1 aromatic rings. The molecule has 0 aliphatic carbocycles. The Morgan fingerprint density at radius 2 is 1.64 bits per heavy atom. The molecule has 0 fully saturated rings. The Bertz CT molecular complexity index is 556. The van der Waals surface area contributed by atoms with Crippen LogP contribution >= 0.6 is 0 Å². The summed E-state index contributed by atoms with van der Waals surface area (Å²) in [6.07, 6.45) is 6.55. The van der Waals surface area contributed by atoms with Gasteiger partial charge in [-0.1, -0.05) is 26.7 Å². The van der Waals surface area contributed by atoms with E-state index in [0.29, 0.717) is 23.2 Å². The number of hydrogen-bond acceptors (Lipinski definition) is 4. The molecule has 0 radical (unpaired) electrons. The van der Waals surface area contributed by atoms with Gasteiger partial charge in [-0.25, -0.2) is 0 Å². The quantitative estimate of drug-likeness (QED) is 0.647. The zero-order chi connectivity index (χ0) is 18.8. The van der Waals surface area contributed by atoms with Crippen molar-refractivity contribution < 1.29 is 19.0 Å². The summed E-state index contributed by atoms with van der Waals surface area (Å²) in [6, 6.07) is 3.77. The van der Waals surface area contributed by atoms with Crippen molar-refractivity contribution in [2.75, 3.05) is 21.3 Å². The summed E-state index contributed by atoms with van der Waals surface area (Å²) in [5.74, 6) is 2.24. The molecule has 0 heterocycles. The van der Waals surface area contributed by atoms with Gasteiger partial charge in [0.25, 0.3) is 0 Å². The number of rotatable bonds is 10. The van der Waals surface area contributed by atoms with Crippen LogP contribution in [0.15, 0.2) is 18.2 Å². The summed E-state index contributed by atoms with van der Waals surface area (Å²) < 4.78 is 15.9. The number of hydrogen-bond donors (Lipinski definition) is 1. The Morgan fingerprint density at radius 1 is 1.04 bits per heavy atom. The lowest BCUT2D eigenvalue weighted by molar-refractivity contribution is -0.117. The third-order valence-electron chi connectivity index (χ3n) is 3.92. The molecule has 0 spiro atoms. The van der Waals surface area contributed by atoms with E-state index < -0.39 is 0 Å². The molecule has 0 bridgehead atoms. The molecule has 0 aromatic heterocycles. The maximum absolute atomic E-state index is 12.1. The van der Waals surface area contributed by atoms with Gasteiger partial charge >= 0.3 is 0 Å². The summed E-state index contributed by atoms with van der Waals surface area (Å²) >= 11 is 0. The molecule has 25 heavy (non-hydrogen) atoms. The molecule has 0 aliphatic heterocycles. The third kappa shape index (κ3) is 7.08. The molecule has 1 amide bonds. The molecule has 0 unspecified atom stereocenters. The second kappa shape index (κ2) is 10.6. The summed E-state index contributed by atoms with van der Waals surface area (Å²) in [4.78, 5) is 12.1. The molecule has 1 N–H and O–H groups in total. The van der Waals surface area contributed by atoms with Gasteiger partial charge in [0.05, 0.1) is 21.3 Å². The van der Waals surface area contributed by atoms with Crippen LogP contribution in [0.25, 0.3) is 6.08 Å². The van der Waals surface area contributed by atoms with Crippen molar-refractivity contribution in [3.05, 3.63) is 23.8 Å². The van der Waals surface area contributed by atoms with E-state index >= 15 is 0 Å². The highest BCUT2D eigenvalue weighted by molar-refractivity contribution is 5.92. The lowest BCUT2D eigenvalue weighted by Crippen LogP contribution is -2.31. The average molecular weight is 349 g/mol. The predicted molar refractivity (Wildman–Crippen MR) is 101 cm³/mol. The first-order valence-electron chi connectivity index (χ1n) is 8.69. The average Bonchev–Trinajstić information content (AvgIpc) is 2.58. The van der Waals surface area contributed by atoms with Gasteiger partial charge in [-0.15, -0.1) is 0 Å². The van der Waals surface area contributed by atoms with Crippen LogP contribution in [0.5, 0.6) is 17.2 Å². The fourth-order valence-corrected chi connectivity index (χ4v) is 2.56. The first-order chi connectivity index (χ1) is 11.9. The van der Waals surface area contributed by atoms with Crippen LogP contribution in [0.3, 0.4) is 0 Å². The molecule has 1 aromatic carbocycles. The van der Waals surface area contributed by atoms with Crippen molar-refractivity contribution in [3.8, 4) is 17.2 Å². The first kappa shape index (κ1) is 20.9. The largest absolute Gasteiger partial charge is 0.493 e. The minimum atomic E-state index is -0.106. The first-order valence-corrected chi connectivity index (χ1v) is 8.69. The van der Waals surface area contributed by atoms with Crippen LogP contribution in [0.2, 0.25) is 0 Å². The fourth-order valence-electron chi connectivity index (χ4n) is 2.56. The maximum atomic E-state index is 12.1. The van der Waals surface area contributed by atoms with Gasteiger partial charge in [0.2, 0.25) is 11.7 Å². The lowest BCUT2D eigenvalue weighted by atomic mass is 10.0. The van der Waals surface area contributed by atoms with Crippen molar-refractivity contribution in [1.82, 2.24) is 5.32 Å². The summed E-state index contributed by atoms with van der Waals surface area (Å²) in [5, 5.41) is 2.99. The molecular formula is C20H31NO4. The zero-order valence-electron chi connectivity index (χ0n) is 16.2. The zero-order valence-corrected chi connectivity index (χ0v) is 16.2.